The van der Waals surface area contributed by atoms with Gasteiger partial charge in [0.05, 0.1) is 12.1 Å². The van der Waals surface area contributed by atoms with Crippen LogP contribution in [0.2, 0.25) is 0 Å². The van der Waals surface area contributed by atoms with E-state index in [2.05, 4.69) is 10.1 Å². The highest BCUT2D eigenvalue weighted by Crippen LogP contribution is 2.10. The molecule has 0 saturated carbocycles. The largest absolute Gasteiger partial charge is 0.367 e. The van der Waals surface area contributed by atoms with Crippen LogP contribution in [-0.4, -0.2) is 14.8 Å². The van der Waals surface area contributed by atoms with Crippen LogP contribution in [0, 0.1) is 17.1 Å². The molecule has 5 nitrogen and oxygen atoms in total. The number of nitrogens with zero attached hydrogens (tertiary/aromatic N) is 4. The van der Waals surface area contributed by atoms with Crippen molar-refractivity contribution in [1.29, 1.82) is 5.26 Å². The number of aromatic nitrogens is 3. The molecular formula is C10H8FN5. The van der Waals surface area contributed by atoms with Gasteiger partial charge in [-0.3, -0.25) is 0 Å². The Morgan fingerprint density at radius 2 is 2.31 bits per heavy atom. The zero-order valence-electron chi connectivity index (χ0n) is 8.26. The van der Waals surface area contributed by atoms with E-state index in [0.717, 1.165) is 5.56 Å². The maximum absolute atomic E-state index is 13.0. The molecule has 0 bridgehead atoms. The van der Waals surface area contributed by atoms with Gasteiger partial charge in [0.2, 0.25) is 5.95 Å². The summed E-state index contributed by atoms with van der Waals surface area (Å²) in [5, 5.41) is 12.6. The molecule has 1 aromatic heterocycles. The Kier molecular flexibility index (Phi) is 2.52. The highest BCUT2D eigenvalue weighted by molar-refractivity contribution is 5.34. The van der Waals surface area contributed by atoms with Gasteiger partial charge < -0.3 is 5.73 Å². The lowest BCUT2D eigenvalue weighted by Crippen LogP contribution is -2.02. The quantitative estimate of drug-likeness (QED) is 0.811. The first-order valence-electron chi connectivity index (χ1n) is 4.52. The molecule has 0 aliphatic carbocycles. The third-order valence-corrected chi connectivity index (χ3v) is 2.05. The Morgan fingerprint density at radius 1 is 1.50 bits per heavy atom. The van der Waals surface area contributed by atoms with E-state index in [1.807, 2.05) is 0 Å². The van der Waals surface area contributed by atoms with Crippen molar-refractivity contribution in [2.45, 2.75) is 6.54 Å². The fraction of sp³-hybridized carbons (Fsp3) is 0.100. The van der Waals surface area contributed by atoms with E-state index in [0.29, 0.717) is 6.54 Å². The third kappa shape index (κ3) is 1.98. The molecule has 0 atom stereocenters. The van der Waals surface area contributed by atoms with Gasteiger partial charge in [-0.25, -0.2) is 14.1 Å². The number of anilines is 1. The second kappa shape index (κ2) is 3.98. The topological polar surface area (TPSA) is 80.5 Å². The molecule has 6 heteroatoms. The summed E-state index contributed by atoms with van der Waals surface area (Å²) >= 11 is 0. The average Bonchev–Trinajstić information content (AvgIpc) is 2.67. The molecule has 2 rings (SSSR count). The van der Waals surface area contributed by atoms with Crippen LogP contribution in [0.3, 0.4) is 0 Å². The molecule has 0 fully saturated rings. The van der Waals surface area contributed by atoms with Crippen molar-refractivity contribution < 1.29 is 4.39 Å². The number of nitrogens with two attached hydrogens (primary N) is 1. The van der Waals surface area contributed by atoms with Crippen LogP contribution in [-0.2, 0) is 6.54 Å². The average molecular weight is 217 g/mol. The van der Waals surface area contributed by atoms with E-state index < -0.39 is 5.82 Å². The molecule has 1 heterocycles. The zero-order chi connectivity index (χ0) is 11.5. The SMILES string of the molecule is N#Cc1cc(Cn2cnc(N)n2)ccc1F. The first-order valence-corrected chi connectivity index (χ1v) is 4.52. The highest BCUT2D eigenvalue weighted by atomic mass is 19.1. The molecule has 2 N–H and O–H groups in total. The minimum atomic E-state index is -0.524. The van der Waals surface area contributed by atoms with Gasteiger partial charge in [0.1, 0.15) is 18.2 Å². The van der Waals surface area contributed by atoms with Gasteiger partial charge in [-0.1, -0.05) is 6.07 Å². The number of rotatable bonds is 2. The summed E-state index contributed by atoms with van der Waals surface area (Å²) in [6.07, 6.45) is 1.48. The molecule has 0 spiro atoms. The second-order valence-electron chi connectivity index (χ2n) is 3.23. The summed E-state index contributed by atoms with van der Waals surface area (Å²) in [6.45, 7) is 0.402. The summed E-state index contributed by atoms with van der Waals surface area (Å²) in [5.74, 6) is -0.341. The molecule has 2 aromatic rings. The van der Waals surface area contributed by atoms with E-state index in [9.17, 15) is 4.39 Å². The van der Waals surface area contributed by atoms with Gasteiger partial charge in [0.25, 0.3) is 0 Å². The van der Waals surface area contributed by atoms with Crippen molar-refractivity contribution in [3.63, 3.8) is 0 Å². The van der Waals surface area contributed by atoms with Crippen molar-refractivity contribution in [1.82, 2.24) is 14.8 Å². The van der Waals surface area contributed by atoms with Crippen LogP contribution in [0.5, 0.6) is 0 Å². The zero-order valence-corrected chi connectivity index (χ0v) is 8.26. The summed E-state index contributed by atoms with van der Waals surface area (Å²) < 4.78 is 14.6. The number of nitrogen functional groups attached to an aromatic ring is 1. The monoisotopic (exact) mass is 217 g/mol. The minimum absolute atomic E-state index is 0.0191. The first-order chi connectivity index (χ1) is 7.69. The van der Waals surface area contributed by atoms with Crippen molar-refractivity contribution in [2.75, 3.05) is 5.73 Å². The number of hydrogen-bond acceptors (Lipinski definition) is 4. The van der Waals surface area contributed by atoms with Crippen molar-refractivity contribution >= 4 is 5.95 Å². The normalized spacial score (nSPS) is 10.0. The van der Waals surface area contributed by atoms with Gasteiger partial charge in [-0.05, 0) is 17.7 Å². The minimum Gasteiger partial charge on any atom is -0.367 e. The molecule has 0 unspecified atom stereocenters. The predicted octanol–water partition coefficient (Wildman–Crippen LogP) is 0.919. The molecule has 0 aliphatic heterocycles. The van der Waals surface area contributed by atoms with E-state index >= 15 is 0 Å². The van der Waals surface area contributed by atoms with Crippen LogP contribution < -0.4 is 5.73 Å². The Hall–Kier alpha value is -2.42. The van der Waals surface area contributed by atoms with Gasteiger partial charge in [-0.15, -0.1) is 5.10 Å². The molecule has 0 amide bonds. The van der Waals surface area contributed by atoms with Crippen LogP contribution in [0.15, 0.2) is 24.5 Å². The first kappa shape index (κ1) is 10.1. The highest BCUT2D eigenvalue weighted by Gasteiger charge is 2.04. The second-order valence-corrected chi connectivity index (χ2v) is 3.23. The Balaban J connectivity index is 2.26. The lowest BCUT2D eigenvalue weighted by atomic mass is 10.1. The van der Waals surface area contributed by atoms with E-state index in [1.165, 1.54) is 23.1 Å². The number of hydrogen-bond donors (Lipinski definition) is 1. The van der Waals surface area contributed by atoms with Crippen LogP contribution >= 0.6 is 0 Å². The van der Waals surface area contributed by atoms with Crippen LogP contribution in [0.4, 0.5) is 10.3 Å². The lowest BCUT2D eigenvalue weighted by Gasteiger charge is -2.01. The fourth-order valence-electron chi connectivity index (χ4n) is 1.33. The number of benzene rings is 1. The summed E-state index contributed by atoms with van der Waals surface area (Å²) in [6, 6.07) is 6.11. The third-order valence-electron chi connectivity index (χ3n) is 2.05. The van der Waals surface area contributed by atoms with E-state index in [4.69, 9.17) is 11.0 Å². The van der Waals surface area contributed by atoms with E-state index in [-0.39, 0.29) is 11.5 Å². The van der Waals surface area contributed by atoms with E-state index in [1.54, 1.807) is 12.1 Å². The summed E-state index contributed by atoms with van der Waals surface area (Å²) in [5.41, 5.74) is 6.14. The fourth-order valence-corrected chi connectivity index (χ4v) is 1.33. The molecule has 0 aliphatic rings. The van der Waals surface area contributed by atoms with Gasteiger partial charge in [0, 0.05) is 0 Å². The standard InChI is InChI=1S/C10H8FN5/c11-9-2-1-7(3-8(9)4-12)5-16-6-14-10(13)15-16/h1-3,6H,5H2,(H2,13,15). The summed E-state index contributed by atoms with van der Waals surface area (Å²) in [7, 11) is 0. The Bertz CT molecular complexity index is 555. The molecule has 0 radical (unpaired) electrons. The molecule has 0 saturated heterocycles. The van der Waals surface area contributed by atoms with Crippen LogP contribution in [0.1, 0.15) is 11.1 Å². The maximum atomic E-state index is 13.0. The predicted molar refractivity (Wildman–Crippen MR) is 54.7 cm³/mol. The molecular weight excluding hydrogens is 209 g/mol. The number of nitriles is 1. The molecule has 1 aromatic carbocycles. The number of halogens is 1. The maximum Gasteiger partial charge on any atom is 0.239 e. The Labute approximate surface area is 90.9 Å². The summed E-state index contributed by atoms with van der Waals surface area (Å²) in [4.78, 5) is 3.76. The van der Waals surface area contributed by atoms with Crippen molar-refractivity contribution in [3.05, 3.63) is 41.5 Å². The lowest BCUT2D eigenvalue weighted by molar-refractivity contribution is 0.620. The smallest absolute Gasteiger partial charge is 0.239 e. The molecule has 16 heavy (non-hydrogen) atoms. The molecule has 80 valence electrons. The van der Waals surface area contributed by atoms with Gasteiger partial charge in [0.15, 0.2) is 0 Å². The van der Waals surface area contributed by atoms with Crippen molar-refractivity contribution in [3.8, 4) is 6.07 Å². The van der Waals surface area contributed by atoms with Crippen LogP contribution in [0.25, 0.3) is 0 Å². The van der Waals surface area contributed by atoms with Crippen molar-refractivity contribution in [2.24, 2.45) is 0 Å². The Morgan fingerprint density at radius 3 is 2.94 bits per heavy atom. The van der Waals surface area contributed by atoms with Gasteiger partial charge in [-0.2, -0.15) is 5.26 Å². The van der Waals surface area contributed by atoms with Gasteiger partial charge >= 0.3 is 0 Å².